The number of halogens is 3. The van der Waals surface area contributed by atoms with Gasteiger partial charge in [-0.2, -0.15) is 13.2 Å². The third-order valence-corrected chi connectivity index (χ3v) is 2.42. The molecule has 3 nitrogen and oxygen atoms in total. The van der Waals surface area contributed by atoms with Crippen molar-refractivity contribution in [1.29, 1.82) is 0 Å². The average Bonchev–Trinajstić information content (AvgIpc) is 2.41. The quantitative estimate of drug-likeness (QED) is 0.739. The Labute approximate surface area is 80.4 Å². The normalized spacial score (nSPS) is 12.2. The summed E-state index contributed by atoms with van der Waals surface area (Å²) in [5.74, 6) is -1.13. The molecule has 0 saturated heterocycles. The first-order chi connectivity index (χ1) is 6.47. The smallest absolute Gasteiger partial charge is 0.391 e. The first-order valence-electron chi connectivity index (χ1n) is 3.56. The van der Waals surface area contributed by atoms with E-state index in [0.29, 0.717) is 10.4 Å². The van der Waals surface area contributed by atoms with Crippen LogP contribution in [-0.4, -0.2) is 9.97 Å². The molecule has 0 aromatic carbocycles. The van der Waals surface area contributed by atoms with Gasteiger partial charge >= 0.3 is 6.18 Å². The van der Waals surface area contributed by atoms with E-state index in [0.717, 1.165) is 17.5 Å². The molecule has 0 atom stereocenters. The van der Waals surface area contributed by atoms with E-state index in [1.807, 2.05) is 0 Å². The number of nitrogen functional groups attached to an aromatic ring is 1. The largest absolute Gasteiger partial charge is 0.451 e. The fourth-order valence-corrected chi connectivity index (χ4v) is 1.76. The summed E-state index contributed by atoms with van der Waals surface area (Å²) >= 11 is 1.01. The van der Waals surface area contributed by atoms with Crippen LogP contribution in [0.1, 0.15) is 5.82 Å². The van der Waals surface area contributed by atoms with Gasteiger partial charge in [0.2, 0.25) is 5.82 Å². The molecule has 2 N–H and O–H groups in total. The molecule has 2 rings (SSSR count). The van der Waals surface area contributed by atoms with E-state index in [9.17, 15) is 13.2 Å². The van der Waals surface area contributed by atoms with E-state index < -0.39 is 12.0 Å². The Bertz CT molecular complexity index is 476. The van der Waals surface area contributed by atoms with Crippen LogP contribution in [0.4, 0.5) is 18.2 Å². The zero-order chi connectivity index (χ0) is 10.3. The predicted octanol–water partition coefficient (Wildman–Crippen LogP) is 2.29. The topological polar surface area (TPSA) is 51.8 Å². The van der Waals surface area contributed by atoms with Gasteiger partial charge in [-0.3, -0.25) is 0 Å². The lowest BCUT2D eigenvalue weighted by atomic mass is 10.4. The summed E-state index contributed by atoms with van der Waals surface area (Å²) in [6, 6.07) is 1.54. The highest BCUT2D eigenvalue weighted by atomic mass is 32.1. The van der Waals surface area contributed by atoms with E-state index in [2.05, 4.69) is 9.97 Å². The van der Waals surface area contributed by atoms with Gasteiger partial charge in [-0.1, -0.05) is 11.3 Å². The second-order valence-electron chi connectivity index (χ2n) is 2.60. The number of thiophene rings is 1. The second-order valence-corrected chi connectivity index (χ2v) is 3.66. The van der Waals surface area contributed by atoms with Crippen molar-refractivity contribution in [1.82, 2.24) is 9.97 Å². The summed E-state index contributed by atoms with van der Waals surface area (Å²) in [4.78, 5) is 6.83. The summed E-state index contributed by atoms with van der Waals surface area (Å²) in [7, 11) is 0. The van der Waals surface area contributed by atoms with Crippen molar-refractivity contribution in [2.45, 2.75) is 6.18 Å². The fraction of sp³-hybridized carbons (Fsp3) is 0.143. The molecule has 0 aliphatic heterocycles. The minimum Gasteiger partial charge on any atom is -0.391 e. The summed E-state index contributed by atoms with van der Waals surface area (Å²) < 4.78 is 36.5. The summed E-state index contributed by atoms with van der Waals surface area (Å²) in [6.07, 6.45) is -3.38. The van der Waals surface area contributed by atoms with Crippen molar-refractivity contribution in [3.05, 3.63) is 18.1 Å². The lowest BCUT2D eigenvalue weighted by molar-refractivity contribution is -0.144. The Hall–Kier alpha value is -1.37. The van der Waals surface area contributed by atoms with Crippen LogP contribution in [0.3, 0.4) is 0 Å². The van der Waals surface area contributed by atoms with Crippen LogP contribution in [0.25, 0.3) is 10.2 Å². The number of nitrogens with zero attached hydrogens (tertiary/aromatic N) is 2. The fourth-order valence-electron chi connectivity index (χ4n) is 0.987. The van der Waals surface area contributed by atoms with Gasteiger partial charge in [-0.15, -0.1) is 0 Å². The van der Waals surface area contributed by atoms with E-state index >= 15 is 0 Å². The molecule has 0 bridgehead atoms. The number of aromatic nitrogens is 2. The molecule has 0 aliphatic rings. The highest BCUT2D eigenvalue weighted by Crippen LogP contribution is 2.30. The Morgan fingerprint density at radius 1 is 1.36 bits per heavy atom. The van der Waals surface area contributed by atoms with Gasteiger partial charge < -0.3 is 5.73 Å². The first-order valence-corrected chi connectivity index (χ1v) is 4.38. The van der Waals surface area contributed by atoms with E-state index in [-0.39, 0.29) is 4.83 Å². The second kappa shape index (κ2) is 2.81. The molecule has 0 unspecified atom stereocenters. The van der Waals surface area contributed by atoms with E-state index in [1.165, 1.54) is 0 Å². The van der Waals surface area contributed by atoms with Crippen molar-refractivity contribution < 1.29 is 13.2 Å². The molecule has 7 heteroatoms. The van der Waals surface area contributed by atoms with E-state index in [1.54, 1.807) is 6.07 Å². The van der Waals surface area contributed by atoms with Gasteiger partial charge in [0.1, 0.15) is 4.83 Å². The van der Waals surface area contributed by atoms with Crippen molar-refractivity contribution in [3.63, 3.8) is 0 Å². The van der Waals surface area contributed by atoms with Crippen LogP contribution in [0.2, 0.25) is 0 Å². The molecule has 0 aliphatic carbocycles. The molecule has 2 aromatic rings. The average molecular weight is 219 g/mol. The summed E-state index contributed by atoms with van der Waals surface area (Å²) in [5, 5.41) is 0.953. The predicted molar refractivity (Wildman–Crippen MR) is 46.8 cm³/mol. The van der Waals surface area contributed by atoms with Gasteiger partial charge in [-0.25, -0.2) is 9.97 Å². The van der Waals surface area contributed by atoms with Crippen LogP contribution in [0.5, 0.6) is 0 Å². The standard InChI is InChI=1S/C7H4F3N3S/c8-7(9,10)6-12-2-3-1-4(11)14-5(3)13-6/h1-2H,11H2. The first kappa shape index (κ1) is 9.20. The lowest BCUT2D eigenvalue weighted by Crippen LogP contribution is -2.09. The molecule has 0 radical (unpaired) electrons. The van der Waals surface area contributed by atoms with Crippen LogP contribution in [-0.2, 0) is 6.18 Å². The zero-order valence-electron chi connectivity index (χ0n) is 6.67. The van der Waals surface area contributed by atoms with Crippen molar-refractivity contribution >= 4 is 26.6 Å². The molecular formula is C7H4F3N3S. The van der Waals surface area contributed by atoms with E-state index in [4.69, 9.17) is 5.73 Å². The number of fused-ring (bicyclic) bond motifs is 1. The van der Waals surface area contributed by atoms with Crippen molar-refractivity contribution in [2.75, 3.05) is 5.73 Å². The number of alkyl halides is 3. The SMILES string of the molecule is Nc1cc2cnc(C(F)(F)F)nc2s1. The maximum absolute atomic E-state index is 12.2. The van der Waals surface area contributed by atoms with Gasteiger partial charge in [0.25, 0.3) is 0 Å². The van der Waals surface area contributed by atoms with Gasteiger partial charge in [0.15, 0.2) is 0 Å². The Morgan fingerprint density at radius 3 is 2.71 bits per heavy atom. The number of hydrogen-bond donors (Lipinski definition) is 1. The molecule has 14 heavy (non-hydrogen) atoms. The monoisotopic (exact) mass is 219 g/mol. The molecule has 0 saturated carbocycles. The van der Waals surface area contributed by atoms with Gasteiger partial charge in [0, 0.05) is 11.6 Å². The lowest BCUT2D eigenvalue weighted by Gasteiger charge is -2.02. The maximum atomic E-state index is 12.2. The number of rotatable bonds is 0. The van der Waals surface area contributed by atoms with Crippen LogP contribution in [0.15, 0.2) is 12.3 Å². The molecule has 74 valence electrons. The molecule has 2 aromatic heterocycles. The third kappa shape index (κ3) is 1.50. The summed E-state index contributed by atoms with van der Waals surface area (Å²) in [5.41, 5.74) is 5.42. The van der Waals surface area contributed by atoms with Gasteiger partial charge in [0.05, 0.1) is 5.00 Å². The zero-order valence-corrected chi connectivity index (χ0v) is 7.49. The molecule has 0 fully saturated rings. The van der Waals surface area contributed by atoms with Crippen LogP contribution < -0.4 is 5.73 Å². The number of hydrogen-bond acceptors (Lipinski definition) is 4. The van der Waals surface area contributed by atoms with Crippen LogP contribution >= 0.6 is 11.3 Å². The number of nitrogens with two attached hydrogens (primary N) is 1. The summed E-state index contributed by atoms with van der Waals surface area (Å²) in [6.45, 7) is 0. The highest BCUT2D eigenvalue weighted by Gasteiger charge is 2.34. The molecular weight excluding hydrogens is 215 g/mol. The Kier molecular flexibility index (Phi) is 1.84. The Morgan fingerprint density at radius 2 is 2.07 bits per heavy atom. The molecule has 0 amide bonds. The van der Waals surface area contributed by atoms with Gasteiger partial charge in [-0.05, 0) is 6.07 Å². The molecule has 0 spiro atoms. The van der Waals surface area contributed by atoms with Crippen molar-refractivity contribution in [3.8, 4) is 0 Å². The number of anilines is 1. The minimum absolute atomic E-state index is 0.254. The van der Waals surface area contributed by atoms with Crippen molar-refractivity contribution in [2.24, 2.45) is 0 Å². The third-order valence-electron chi connectivity index (χ3n) is 1.55. The Balaban J connectivity index is 2.62. The van der Waals surface area contributed by atoms with Crippen LogP contribution in [0, 0.1) is 0 Å². The highest BCUT2D eigenvalue weighted by molar-refractivity contribution is 7.22. The minimum atomic E-state index is -4.51. The maximum Gasteiger partial charge on any atom is 0.451 e. The molecule has 2 heterocycles.